The number of pyridine rings is 1. The highest BCUT2D eigenvalue weighted by Crippen LogP contribution is 2.44. The van der Waals surface area contributed by atoms with Gasteiger partial charge >= 0.3 is 0 Å². The minimum absolute atomic E-state index is 1.07. The molecule has 0 saturated carbocycles. The van der Waals surface area contributed by atoms with E-state index in [9.17, 15) is 0 Å². The van der Waals surface area contributed by atoms with Gasteiger partial charge in [0.25, 0.3) is 0 Å². The van der Waals surface area contributed by atoms with Gasteiger partial charge in [0.2, 0.25) is 0 Å². The zero-order valence-electron chi connectivity index (χ0n) is 26.1. The fourth-order valence-corrected chi connectivity index (χ4v) is 7.91. The summed E-state index contributed by atoms with van der Waals surface area (Å²) in [5.74, 6) is 0. The molecule has 0 bridgehead atoms. The van der Waals surface area contributed by atoms with Gasteiger partial charge < -0.3 is 4.90 Å². The van der Waals surface area contributed by atoms with Crippen LogP contribution in [0.3, 0.4) is 0 Å². The van der Waals surface area contributed by atoms with Crippen molar-refractivity contribution in [2.75, 3.05) is 4.90 Å². The lowest BCUT2D eigenvalue weighted by molar-refractivity contribution is 1.28. The fraction of sp³-hybridized carbons (Fsp3) is 0. The Balaban J connectivity index is 1.18. The van der Waals surface area contributed by atoms with Crippen molar-refractivity contribution in [3.63, 3.8) is 0 Å². The molecule has 0 atom stereocenters. The minimum Gasteiger partial charge on any atom is -0.310 e. The summed E-state index contributed by atoms with van der Waals surface area (Å²) < 4.78 is 1.27. The van der Waals surface area contributed by atoms with Crippen molar-refractivity contribution in [1.29, 1.82) is 0 Å². The molecule has 0 aliphatic heterocycles. The zero-order chi connectivity index (χ0) is 31.9. The molecule has 0 radical (unpaired) electrons. The molecule has 226 valence electrons. The van der Waals surface area contributed by atoms with Crippen molar-refractivity contribution in [2.24, 2.45) is 0 Å². The molecule has 0 aliphatic rings. The summed E-state index contributed by atoms with van der Waals surface area (Å²) in [7, 11) is 0. The monoisotopic (exact) mass is 630 g/mol. The van der Waals surface area contributed by atoms with Crippen LogP contribution in [0.5, 0.6) is 0 Å². The van der Waals surface area contributed by atoms with E-state index in [1.165, 1.54) is 59.6 Å². The predicted molar refractivity (Wildman–Crippen MR) is 206 cm³/mol. The number of anilines is 3. The highest BCUT2D eigenvalue weighted by molar-refractivity contribution is 7.25. The number of thiophene rings is 1. The summed E-state index contributed by atoms with van der Waals surface area (Å²) >= 11 is 1.77. The summed E-state index contributed by atoms with van der Waals surface area (Å²) in [5.41, 5.74) is 10.5. The van der Waals surface area contributed by atoms with Gasteiger partial charge in [-0.2, -0.15) is 0 Å². The molecule has 0 amide bonds. The second-order valence-electron chi connectivity index (χ2n) is 12.0. The second-order valence-corrected chi connectivity index (χ2v) is 13.0. The van der Waals surface area contributed by atoms with E-state index in [0.29, 0.717) is 0 Å². The van der Waals surface area contributed by atoms with Crippen LogP contribution in [0.2, 0.25) is 0 Å². The average molecular weight is 631 g/mol. The highest BCUT2D eigenvalue weighted by Gasteiger charge is 2.18. The van der Waals surface area contributed by atoms with Gasteiger partial charge in [-0.05, 0) is 87.1 Å². The second kappa shape index (κ2) is 12.0. The van der Waals surface area contributed by atoms with Gasteiger partial charge in [-0.3, -0.25) is 0 Å². The molecule has 0 fully saturated rings. The van der Waals surface area contributed by atoms with Gasteiger partial charge in [0.1, 0.15) is 4.83 Å². The smallest absolute Gasteiger partial charge is 0.125 e. The van der Waals surface area contributed by atoms with Crippen LogP contribution < -0.4 is 4.90 Å². The van der Waals surface area contributed by atoms with E-state index in [-0.39, 0.29) is 0 Å². The summed E-state index contributed by atoms with van der Waals surface area (Å²) in [5, 5.41) is 4.99. The molecule has 0 spiro atoms. The number of nitrogens with zero attached hydrogens (tertiary/aromatic N) is 2. The topological polar surface area (TPSA) is 16.1 Å². The molecule has 9 rings (SSSR count). The third-order valence-electron chi connectivity index (χ3n) is 9.14. The van der Waals surface area contributed by atoms with E-state index in [4.69, 9.17) is 4.98 Å². The first-order valence-corrected chi connectivity index (χ1v) is 17.0. The van der Waals surface area contributed by atoms with E-state index >= 15 is 0 Å². The normalized spacial score (nSPS) is 11.3. The maximum absolute atomic E-state index is 4.80. The number of aromatic nitrogens is 1. The van der Waals surface area contributed by atoms with E-state index in [0.717, 1.165) is 21.9 Å². The van der Waals surface area contributed by atoms with Crippen molar-refractivity contribution in [2.45, 2.75) is 0 Å². The van der Waals surface area contributed by atoms with Crippen molar-refractivity contribution >= 4 is 59.5 Å². The predicted octanol–water partition coefficient (Wildman–Crippen LogP) is 13.1. The summed E-state index contributed by atoms with van der Waals surface area (Å²) in [4.78, 5) is 8.24. The Morgan fingerprint density at radius 1 is 0.438 bits per heavy atom. The number of hydrogen-bond acceptors (Lipinski definition) is 3. The molecule has 0 aliphatic carbocycles. The summed E-state index contributed by atoms with van der Waals surface area (Å²) in [6, 6.07) is 63.1. The van der Waals surface area contributed by atoms with E-state index in [1.54, 1.807) is 11.3 Å². The molecule has 2 nitrogen and oxygen atoms in total. The Kier molecular flexibility index (Phi) is 7.03. The fourth-order valence-electron chi connectivity index (χ4n) is 6.81. The lowest BCUT2D eigenvalue weighted by atomic mass is 9.98. The number of benzene rings is 7. The molecule has 3 heteroatoms. The Morgan fingerprint density at radius 3 is 1.69 bits per heavy atom. The maximum Gasteiger partial charge on any atom is 0.125 e. The number of hydrogen-bond donors (Lipinski definition) is 0. The quantitative estimate of drug-likeness (QED) is 0.182. The SMILES string of the molecule is c1ccc(-c2ccc(N(c3ccc(-c4ccnc5sc6cc7ccccc7cc6c45)cc3)c3ccccc3-c3ccccc3)cc2)cc1. The first-order valence-electron chi connectivity index (χ1n) is 16.2. The molecule has 7 aromatic carbocycles. The molecule has 48 heavy (non-hydrogen) atoms. The Morgan fingerprint density at radius 2 is 0.979 bits per heavy atom. The lowest BCUT2D eigenvalue weighted by Crippen LogP contribution is -2.11. The minimum atomic E-state index is 1.07. The van der Waals surface area contributed by atoms with Crippen LogP contribution in [0.1, 0.15) is 0 Å². The molecular formula is C45H30N2S. The van der Waals surface area contributed by atoms with Crippen molar-refractivity contribution in [3.8, 4) is 33.4 Å². The van der Waals surface area contributed by atoms with E-state index in [1.807, 2.05) is 6.20 Å². The molecular weight excluding hydrogens is 601 g/mol. The number of para-hydroxylation sites is 1. The van der Waals surface area contributed by atoms with Crippen LogP contribution in [0.15, 0.2) is 182 Å². The van der Waals surface area contributed by atoms with Crippen LogP contribution in [0.25, 0.3) is 64.5 Å². The van der Waals surface area contributed by atoms with Crippen LogP contribution in [-0.2, 0) is 0 Å². The average Bonchev–Trinajstić information content (AvgIpc) is 3.53. The first kappa shape index (κ1) is 28.2. The molecule has 0 unspecified atom stereocenters. The lowest BCUT2D eigenvalue weighted by Gasteiger charge is -2.28. The van der Waals surface area contributed by atoms with Gasteiger partial charge in [0.05, 0.1) is 5.69 Å². The maximum atomic E-state index is 4.80. The van der Waals surface area contributed by atoms with Crippen molar-refractivity contribution in [1.82, 2.24) is 4.98 Å². The van der Waals surface area contributed by atoms with Gasteiger partial charge in [-0.25, -0.2) is 4.98 Å². The third-order valence-corrected chi connectivity index (χ3v) is 10.2. The van der Waals surface area contributed by atoms with Gasteiger partial charge in [0.15, 0.2) is 0 Å². The zero-order valence-corrected chi connectivity index (χ0v) is 26.9. The van der Waals surface area contributed by atoms with Crippen LogP contribution in [0, 0.1) is 0 Å². The standard InChI is InChI=1S/C45H30N2S/c1-3-11-31(12-4-1)32-19-23-37(24-20-32)47(42-18-10-9-17-39(42)33-13-5-2-6-14-33)38-25-21-34(22-26-38)40-27-28-46-45-44(40)41-29-35-15-7-8-16-36(35)30-43(41)48-45/h1-30H. The molecule has 2 heterocycles. The van der Waals surface area contributed by atoms with E-state index < -0.39 is 0 Å². The van der Waals surface area contributed by atoms with Gasteiger partial charge in [0, 0.05) is 38.6 Å². The molecule has 0 N–H and O–H groups in total. The van der Waals surface area contributed by atoms with Gasteiger partial charge in [-0.15, -0.1) is 11.3 Å². The van der Waals surface area contributed by atoms with Crippen molar-refractivity contribution in [3.05, 3.63) is 182 Å². The molecule has 0 saturated heterocycles. The van der Waals surface area contributed by atoms with E-state index in [2.05, 4.69) is 181 Å². The van der Waals surface area contributed by atoms with Crippen molar-refractivity contribution < 1.29 is 0 Å². The Hall–Kier alpha value is -6.03. The van der Waals surface area contributed by atoms with Crippen LogP contribution >= 0.6 is 11.3 Å². The molecule has 2 aromatic heterocycles. The Bertz CT molecular complexity index is 2540. The highest BCUT2D eigenvalue weighted by atomic mass is 32.1. The largest absolute Gasteiger partial charge is 0.310 e. The van der Waals surface area contributed by atoms with Gasteiger partial charge in [-0.1, -0.05) is 127 Å². The molecule has 9 aromatic rings. The first-order chi connectivity index (χ1) is 23.8. The third kappa shape index (κ3) is 5.02. The number of rotatable bonds is 6. The summed E-state index contributed by atoms with van der Waals surface area (Å²) in [6.07, 6.45) is 1.94. The van der Waals surface area contributed by atoms with Crippen LogP contribution in [0.4, 0.5) is 17.1 Å². The van der Waals surface area contributed by atoms with Crippen LogP contribution in [-0.4, -0.2) is 4.98 Å². The number of fused-ring (bicyclic) bond motifs is 4. The Labute approximate surface area is 283 Å². The summed E-state index contributed by atoms with van der Waals surface area (Å²) in [6.45, 7) is 0.